The van der Waals surface area contributed by atoms with Crippen molar-refractivity contribution in [3.63, 3.8) is 0 Å². The summed E-state index contributed by atoms with van der Waals surface area (Å²) in [5.74, 6) is 0.836. The zero-order chi connectivity index (χ0) is 18.6. The van der Waals surface area contributed by atoms with Gasteiger partial charge in [0.15, 0.2) is 5.58 Å². The first-order chi connectivity index (χ1) is 13.2. The SMILES string of the molecule is COCCN1CCC(CN2CCN(c3nc4cc(C)ccc4o3)CC2)CC1. The fourth-order valence-electron chi connectivity index (χ4n) is 4.26. The lowest BCUT2D eigenvalue weighted by molar-refractivity contribution is 0.105. The van der Waals surface area contributed by atoms with Gasteiger partial charge in [0.2, 0.25) is 0 Å². The van der Waals surface area contributed by atoms with Gasteiger partial charge in [0, 0.05) is 46.4 Å². The van der Waals surface area contributed by atoms with Gasteiger partial charge in [-0.2, -0.15) is 4.98 Å². The number of benzene rings is 1. The van der Waals surface area contributed by atoms with Crippen molar-refractivity contribution in [1.82, 2.24) is 14.8 Å². The van der Waals surface area contributed by atoms with Gasteiger partial charge in [0.05, 0.1) is 6.61 Å². The van der Waals surface area contributed by atoms with E-state index >= 15 is 0 Å². The number of oxazole rings is 1. The van der Waals surface area contributed by atoms with Crippen molar-refractivity contribution in [3.05, 3.63) is 23.8 Å². The second-order valence-corrected chi connectivity index (χ2v) is 8.03. The Morgan fingerprint density at radius 1 is 1.07 bits per heavy atom. The molecule has 2 aromatic rings. The Kier molecular flexibility index (Phi) is 5.95. The zero-order valence-corrected chi connectivity index (χ0v) is 16.7. The lowest BCUT2D eigenvalue weighted by Crippen LogP contribution is -2.49. The first kappa shape index (κ1) is 18.7. The normalized spacial score (nSPS) is 20.6. The van der Waals surface area contributed by atoms with Gasteiger partial charge in [0.25, 0.3) is 6.01 Å². The Morgan fingerprint density at radius 2 is 1.85 bits per heavy atom. The third-order valence-corrected chi connectivity index (χ3v) is 6.01. The number of piperidine rings is 1. The number of fused-ring (bicyclic) bond motifs is 1. The highest BCUT2D eigenvalue weighted by Gasteiger charge is 2.25. The Hall–Kier alpha value is -1.63. The summed E-state index contributed by atoms with van der Waals surface area (Å²) in [6.07, 6.45) is 2.63. The number of aryl methyl sites for hydroxylation is 1. The van der Waals surface area contributed by atoms with E-state index in [0.29, 0.717) is 0 Å². The summed E-state index contributed by atoms with van der Waals surface area (Å²) in [7, 11) is 1.79. The fraction of sp³-hybridized carbons (Fsp3) is 0.667. The number of anilines is 1. The van der Waals surface area contributed by atoms with Crippen LogP contribution < -0.4 is 4.90 Å². The average molecular weight is 373 g/mol. The molecular weight excluding hydrogens is 340 g/mol. The van der Waals surface area contributed by atoms with Crippen LogP contribution in [0, 0.1) is 12.8 Å². The van der Waals surface area contributed by atoms with E-state index in [4.69, 9.17) is 14.1 Å². The van der Waals surface area contributed by atoms with Gasteiger partial charge in [-0.05, 0) is 56.5 Å². The minimum absolute atomic E-state index is 0.779. The minimum Gasteiger partial charge on any atom is -0.423 e. The van der Waals surface area contributed by atoms with E-state index in [1.165, 1.54) is 38.0 Å². The van der Waals surface area contributed by atoms with Crippen LogP contribution in [-0.2, 0) is 4.74 Å². The van der Waals surface area contributed by atoms with Gasteiger partial charge in [-0.25, -0.2) is 0 Å². The summed E-state index contributed by atoms with van der Waals surface area (Å²) in [5.41, 5.74) is 3.08. The van der Waals surface area contributed by atoms with Gasteiger partial charge in [0.1, 0.15) is 5.52 Å². The van der Waals surface area contributed by atoms with Gasteiger partial charge >= 0.3 is 0 Å². The molecule has 0 unspecified atom stereocenters. The number of likely N-dealkylation sites (tertiary alicyclic amines) is 1. The van der Waals surface area contributed by atoms with E-state index in [2.05, 4.69) is 33.8 Å². The number of piperazine rings is 1. The van der Waals surface area contributed by atoms with Crippen LogP contribution in [0.1, 0.15) is 18.4 Å². The molecule has 0 saturated carbocycles. The van der Waals surface area contributed by atoms with Crippen molar-refractivity contribution < 1.29 is 9.15 Å². The van der Waals surface area contributed by atoms with Crippen molar-refractivity contribution in [2.24, 2.45) is 5.92 Å². The lowest BCUT2D eigenvalue weighted by atomic mass is 9.96. The molecule has 0 atom stereocenters. The summed E-state index contributed by atoms with van der Waals surface area (Å²) in [6, 6.07) is 6.98. The lowest BCUT2D eigenvalue weighted by Gasteiger charge is -2.38. The monoisotopic (exact) mass is 372 g/mol. The van der Waals surface area contributed by atoms with E-state index in [1.54, 1.807) is 7.11 Å². The second kappa shape index (κ2) is 8.59. The Bertz CT molecular complexity index is 731. The number of rotatable bonds is 6. The highest BCUT2D eigenvalue weighted by Crippen LogP contribution is 2.24. The molecule has 1 aromatic carbocycles. The van der Waals surface area contributed by atoms with Crippen LogP contribution in [0.3, 0.4) is 0 Å². The first-order valence-corrected chi connectivity index (χ1v) is 10.3. The van der Waals surface area contributed by atoms with Crippen LogP contribution in [0.5, 0.6) is 0 Å². The molecule has 2 aliphatic heterocycles. The predicted octanol–water partition coefficient (Wildman–Crippen LogP) is 2.62. The summed E-state index contributed by atoms with van der Waals surface area (Å²) >= 11 is 0. The Morgan fingerprint density at radius 3 is 2.59 bits per heavy atom. The van der Waals surface area contributed by atoms with Crippen molar-refractivity contribution >= 4 is 17.1 Å². The van der Waals surface area contributed by atoms with Crippen molar-refractivity contribution in [1.29, 1.82) is 0 Å². The maximum Gasteiger partial charge on any atom is 0.298 e. The number of nitrogens with zero attached hydrogens (tertiary/aromatic N) is 4. The van der Waals surface area contributed by atoms with Gasteiger partial charge in [-0.15, -0.1) is 0 Å². The molecule has 148 valence electrons. The molecule has 0 aliphatic carbocycles. The molecule has 0 spiro atoms. The maximum atomic E-state index is 5.97. The topological polar surface area (TPSA) is 45.0 Å². The third-order valence-electron chi connectivity index (χ3n) is 6.01. The number of methoxy groups -OCH3 is 1. The maximum absolute atomic E-state index is 5.97. The standard InChI is InChI=1S/C21H32N4O2/c1-17-3-4-20-19(15-17)22-21(27-20)25-11-9-24(10-12-25)16-18-5-7-23(8-6-18)13-14-26-2/h3-4,15,18H,5-14,16H2,1-2H3. The molecule has 2 fully saturated rings. The highest BCUT2D eigenvalue weighted by atomic mass is 16.5. The molecule has 0 N–H and O–H groups in total. The van der Waals surface area contributed by atoms with Gasteiger partial charge in [-0.1, -0.05) is 6.07 Å². The highest BCUT2D eigenvalue weighted by molar-refractivity contribution is 5.75. The fourth-order valence-corrected chi connectivity index (χ4v) is 4.26. The van der Waals surface area contributed by atoms with Crippen molar-refractivity contribution in [2.75, 3.05) is 71.0 Å². The first-order valence-electron chi connectivity index (χ1n) is 10.3. The number of aromatic nitrogens is 1. The molecule has 3 heterocycles. The molecule has 6 nitrogen and oxygen atoms in total. The molecule has 4 rings (SSSR count). The van der Waals surface area contributed by atoms with Crippen LogP contribution in [0.4, 0.5) is 6.01 Å². The Labute approximate surface area is 162 Å². The predicted molar refractivity (Wildman–Crippen MR) is 108 cm³/mol. The molecule has 2 saturated heterocycles. The molecular formula is C21H32N4O2. The van der Waals surface area contributed by atoms with Gasteiger partial charge < -0.3 is 19.0 Å². The second-order valence-electron chi connectivity index (χ2n) is 8.03. The van der Waals surface area contributed by atoms with Crippen LogP contribution in [0.15, 0.2) is 22.6 Å². The minimum atomic E-state index is 0.779. The van der Waals surface area contributed by atoms with Gasteiger partial charge in [-0.3, -0.25) is 4.90 Å². The summed E-state index contributed by atoms with van der Waals surface area (Å²) in [6.45, 7) is 11.9. The molecule has 0 amide bonds. The van der Waals surface area contributed by atoms with Crippen molar-refractivity contribution in [3.8, 4) is 0 Å². The van der Waals surface area contributed by atoms with Crippen LogP contribution in [0.2, 0.25) is 0 Å². The molecule has 6 heteroatoms. The number of hydrogen-bond acceptors (Lipinski definition) is 6. The van der Waals surface area contributed by atoms with E-state index in [1.807, 2.05) is 6.07 Å². The summed E-state index contributed by atoms with van der Waals surface area (Å²) < 4.78 is 11.2. The van der Waals surface area contributed by atoms with E-state index in [9.17, 15) is 0 Å². The quantitative estimate of drug-likeness (QED) is 0.777. The van der Waals surface area contributed by atoms with Crippen LogP contribution >= 0.6 is 0 Å². The number of ether oxygens (including phenoxy) is 1. The van der Waals surface area contributed by atoms with E-state index in [0.717, 1.165) is 62.4 Å². The van der Waals surface area contributed by atoms with Crippen molar-refractivity contribution in [2.45, 2.75) is 19.8 Å². The number of hydrogen-bond donors (Lipinski definition) is 0. The van der Waals surface area contributed by atoms with E-state index < -0.39 is 0 Å². The zero-order valence-electron chi connectivity index (χ0n) is 16.7. The molecule has 1 aromatic heterocycles. The van der Waals surface area contributed by atoms with E-state index in [-0.39, 0.29) is 0 Å². The molecule has 27 heavy (non-hydrogen) atoms. The largest absolute Gasteiger partial charge is 0.423 e. The summed E-state index contributed by atoms with van der Waals surface area (Å²) in [5, 5.41) is 0. The molecule has 2 aliphatic rings. The molecule has 0 bridgehead atoms. The third kappa shape index (κ3) is 4.62. The van der Waals surface area contributed by atoms with Crippen LogP contribution in [0.25, 0.3) is 11.1 Å². The summed E-state index contributed by atoms with van der Waals surface area (Å²) in [4.78, 5) is 12.1. The smallest absolute Gasteiger partial charge is 0.298 e. The molecule has 0 radical (unpaired) electrons. The average Bonchev–Trinajstić information content (AvgIpc) is 3.11. The Balaban J connectivity index is 1.24. The van der Waals surface area contributed by atoms with Crippen LogP contribution in [-0.4, -0.2) is 80.9 Å².